The van der Waals surface area contributed by atoms with Gasteiger partial charge in [-0.05, 0) is 72.3 Å². The van der Waals surface area contributed by atoms with Crippen LogP contribution in [0.1, 0.15) is 22.8 Å². The minimum absolute atomic E-state index is 0.338. The number of nitrogens with zero attached hydrogens (tertiary/aromatic N) is 5. The molecule has 0 unspecified atom stereocenters. The van der Waals surface area contributed by atoms with Gasteiger partial charge in [0.05, 0.1) is 18.8 Å². The van der Waals surface area contributed by atoms with Crippen molar-refractivity contribution in [2.45, 2.75) is 26.8 Å². The van der Waals surface area contributed by atoms with Gasteiger partial charge in [-0.2, -0.15) is 5.10 Å². The van der Waals surface area contributed by atoms with Crippen LogP contribution in [0.2, 0.25) is 0 Å². The van der Waals surface area contributed by atoms with Gasteiger partial charge in [0.15, 0.2) is 11.5 Å². The molecule has 0 aliphatic heterocycles. The van der Waals surface area contributed by atoms with Crippen LogP contribution in [0.5, 0.6) is 5.75 Å². The Hall–Kier alpha value is -2.46. The Labute approximate surface area is 183 Å². The largest absolute Gasteiger partial charge is 0.493 e. The van der Waals surface area contributed by atoms with Crippen LogP contribution < -0.4 is 10.5 Å². The molecule has 2 N–H and O–H groups in total. The first kappa shape index (κ1) is 19.8. The molecule has 0 fully saturated rings. The highest BCUT2D eigenvalue weighted by molar-refractivity contribution is 14.1. The van der Waals surface area contributed by atoms with Crippen molar-refractivity contribution in [1.29, 1.82) is 0 Å². The van der Waals surface area contributed by atoms with Crippen molar-refractivity contribution in [3.63, 3.8) is 0 Å². The summed E-state index contributed by atoms with van der Waals surface area (Å²) in [6.45, 7) is 5.06. The van der Waals surface area contributed by atoms with Crippen LogP contribution in [0.3, 0.4) is 0 Å². The topological polar surface area (TPSA) is 83.3 Å². The summed E-state index contributed by atoms with van der Waals surface area (Å²) in [5, 5.41) is 12.8. The Bertz CT molecular complexity index is 1180. The van der Waals surface area contributed by atoms with E-state index in [1.807, 2.05) is 41.4 Å². The molecule has 0 aliphatic carbocycles. The van der Waals surface area contributed by atoms with Crippen molar-refractivity contribution in [3.05, 3.63) is 62.9 Å². The fraction of sp³-hybridized carbons (Fsp3) is 0.286. The van der Waals surface area contributed by atoms with E-state index < -0.39 is 0 Å². The molecule has 0 atom stereocenters. The van der Waals surface area contributed by atoms with E-state index in [1.54, 1.807) is 0 Å². The summed E-state index contributed by atoms with van der Waals surface area (Å²) in [6, 6.07) is 10.2. The summed E-state index contributed by atoms with van der Waals surface area (Å²) in [7, 11) is 1.97. The zero-order valence-electron chi connectivity index (χ0n) is 16.7. The van der Waals surface area contributed by atoms with Gasteiger partial charge in [0.1, 0.15) is 5.75 Å². The fourth-order valence-corrected chi connectivity index (χ4v) is 4.00. The maximum absolute atomic E-state index is 6.24. The molecule has 8 heteroatoms. The van der Waals surface area contributed by atoms with Crippen LogP contribution in [0, 0.1) is 17.4 Å². The number of halogens is 1. The highest BCUT2D eigenvalue weighted by atomic mass is 127. The van der Waals surface area contributed by atoms with Gasteiger partial charge in [-0.25, -0.2) is 0 Å². The van der Waals surface area contributed by atoms with Crippen molar-refractivity contribution < 1.29 is 4.74 Å². The lowest BCUT2D eigenvalue weighted by Crippen LogP contribution is -2.05. The van der Waals surface area contributed by atoms with Gasteiger partial charge in [0.25, 0.3) is 0 Å². The van der Waals surface area contributed by atoms with Gasteiger partial charge >= 0.3 is 0 Å². The Morgan fingerprint density at radius 1 is 1.14 bits per heavy atom. The molecule has 0 spiro atoms. The van der Waals surface area contributed by atoms with Crippen molar-refractivity contribution in [2.24, 2.45) is 12.8 Å². The van der Waals surface area contributed by atoms with Gasteiger partial charge in [0, 0.05) is 40.1 Å². The predicted molar refractivity (Wildman–Crippen MR) is 121 cm³/mol. The summed E-state index contributed by atoms with van der Waals surface area (Å²) in [4.78, 5) is 0. The number of hydrogen-bond acceptors (Lipinski definition) is 5. The Balaban J connectivity index is 1.62. The second kappa shape index (κ2) is 8.11. The van der Waals surface area contributed by atoms with Crippen LogP contribution in [-0.2, 0) is 20.0 Å². The average Bonchev–Trinajstić information content (AvgIpc) is 3.22. The highest BCUT2D eigenvalue weighted by Gasteiger charge is 2.13. The van der Waals surface area contributed by atoms with Gasteiger partial charge in [-0.15, -0.1) is 10.2 Å². The lowest BCUT2D eigenvalue weighted by Gasteiger charge is -2.13. The van der Waals surface area contributed by atoms with E-state index in [1.165, 1.54) is 11.3 Å². The van der Waals surface area contributed by atoms with Crippen molar-refractivity contribution >= 4 is 28.2 Å². The number of ether oxygens (including phenoxy) is 1. The number of nitrogens with two attached hydrogens (primary N) is 1. The minimum Gasteiger partial charge on any atom is -0.493 e. The molecule has 7 nitrogen and oxygen atoms in total. The smallest absolute Gasteiger partial charge is 0.160 e. The summed E-state index contributed by atoms with van der Waals surface area (Å²) < 4.78 is 11.2. The molecule has 0 saturated carbocycles. The fourth-order valence-electron chi connectivity index (χ4n) is 3.53. The molecule has 0 radical (unpaired) electrons. The number of fused-ring (bicyclic) bond motifs is 1. The average molecular weight is 502 g/mol. The third-order valence-electron chi connectivity index (χ3n) is 5.18. The van der Waals surface area contributed by atoms with Crippen LogP contribution in [-0.4, -0.2) is 31.0 Å². The van der Waals surface area contributed by atoms with Crippen molar-refractivity contribution in [3.8, 4) is 16.9 Å². The molecule has 4 rings (SSSR count). The second-order valence-corrected chi connectivity index (χ2v) is 8.22. The normalized spacial score (nSPS) is 11.3. The third kappa shape index (κ3) is 3.86. The van der Waals surface area contributed by atoms with Crippen LogP contribution in [0.25, 0.3) is 16.8 Å². The van der Waals surface area contributed by atoms with Crippen LogP contribution in [0.4, 0.5) is 0 Å². The number of hydrogen-bond donors (Lipinski definition) is 1. The molecule has 0 saturated heterocycles. The van der Waals surface area contributed by atoms with Gasteiger partial charge in [0.2, 0.25) is 0 Å². The molecule has 4 aromatic rings. The molecule has 3 aromatic heterocycles. The Kier molecular flexibility index (Phi) is 5.55. The van der Waals surface area contributed by atoms with Gasteiger partial charge in [-0.3, -0.25) is 9.08 Å². The second-order valence-electron chi connectivity index (χ2n) is 6.98. The monoisotopic (exact) mass is 502 g/mol. The zero-order valence-corrected chi connectivity index (χ0v) is 18.8. The minimum atomic E-state index is 0.338. The standard InChI is InChI=1S/C21H23IN6O/c1-13-17(14(2)27(3)26-13)8-9-29-19-10-16(22)5-6-18(19)15-4-7-20-24-25-21(11-23)28(20)12-15/h4-7,10,12H,8-9,11,23H2,1-3H3. The maximum atomic E-state index is 6.24. The third-order valence-corrected chi connectivity index (χ3v) is 5.85. The van der Waals surface area contributed by atoms with Crippen LogP contribution >= 0.6 is 22.6 Å². The highest BCUT2D eigenvalue weighted by Crippen LogP contribution is 2.32. The SMILES string of the molecule is Cc1nn(C)c(C)c1CCOc1cc(I)ccc1-c1ccc2nnc(CN)n2c1. The van der Waals surface area contributed by atoms with E-state index in [2.05, 4.69) is 63.0 Å². The van der Waals surface area contributed by atoms with Crippen molar-refractivity contribution in [2.75, 3.05) is 6.61 Å². The summed E-state index contributed by atoms with van der Waals surface area (Å²) in [6.07, 6.45) is 2.83. The molecular weight excluding hydrogens is 479 g/mol. The molecule has 29 heavy (non-hydrogen) atoms. The van der Waals surface area contributed by atoms with E-state index in [0.29, 0.717) is 13.2 Å². The first-order chi connectivity index (χ1) is 14.0. The molecule has 0 aliphatic rings. The van der Waals surface area contributed by atoms with Gasteiger partial charge < -0.3 is 10.5 Å². The molecule has 0 amide bonds. The lowest BCUT2D eigenvalue weighted by molar-refractivity contribution is 0.322. The molecule has 0 bridgehead atoms. The van der Waals surface area contributed by atoms with E-state index in [4.69, 9.17) is 10.5 Å². The number of rotatable bonds is 6. The zero-order chi connectivity index (χ0) is 20.5. The first-order valence-corrected chi connectivity index (χ1v) is 10.5. The molecule has 3 heterocycles. The number of pyridine rings is 1. The number of aryl methyl sites for hydroxylation is 2. The summed E-state index contributed by atoms with van der Waals surface area (Å²) in [5.41, 5.74) is 12.1. The molecular formula is C21H23IN6O. The van der Waals surface area contributed by atoms with Crippen LogP contribution in [0.15, 0.2) is 36.5 Å². The van der Waals surface area contributed by atoms with E-state index in [-0.39, 0.29) is 0 Å². The van der Waals surface area contributed by atoms with Crippen molar-refractivity contribution in [1.82, 2.24) is 24.4 Å². The van der Waals surface area contributed by atoms with E-state index >= 15 is 0 Å². The Morgan fingerprint density at radius 2 is 1.97 bits per heavy atom. The summed E-state index contributed by atoms with van der Waals surface area (Å²) in [5.74, 6) is 1.59. The quantitative estimate of drug-likeness (QED) is 0.409. The molecule has 1 aromatic carbocycles. The number of benzene rings is 1. The first-order valence-electron chi connectivity index (χ1n) is 9.43. The predicted octanol–water partition coefficient (Wildman–Crippen LogP) is 3.43. The van der Waals surface area contributed by atoms with E-state index in [0.717, 1.165) is 44.0 Å². The lowest BCUT2D eigenvalue weighted by atomic mass is 10.1. The van der Waals surface area contributed by atoms with Gasteiger partial charge in [-0.1, -0.05) is 0 Å². The molecule has 150 valence electrons. The number of aromatic nitrogens is 5. The maximum Gasteiger partial charge on any atom is 0.160 e. The Morgan fingerprint density at radius 3 is 2.69 bits per heavy atom. The van der Waals surface area contributed by atoms with E-state index in [9.17, 15) is 0 Å². The summed E-state index contributed by atoms with van der Waals surface area (Å²) >= 11 is 2.31.